The van der Waals surface area contributed by atoms with Gasteiger partial charge in [0.05, 0.1) is 6.61 Å². The van der Waals surface area contributed by atoms with E-state index in [9.17, 15) is 0 Å². The predicted octanol–water partition coefficient (Wildman–Crippen LogP) is -0.801. The average molecular weight is 215 g/mol. The molecule has 0 atom stereocenters. The molecule has 0 unspecified atom stereocenters. The van der Waals surface area contributed by atoms with Crippen molar-refractivity contribution in [2.75, 3.05) is 13.2 Å². The van der Waals surface area contributed by atoms with Crippen molar-refractivity contribution >= 4 is 0 Å². The molecule has 0 aliphatic heterocycles. The lowest BCUT2D eigenvalue weighted by molar-refractivity contribution is -0.00000341. The molecule has 1 N–H and O–H groups in total. The van der Waals surface area contributed by atoms with Crippen LogP contribution in [0.4, 0.5) is 0 Å². The van der Waals surface area contributed by atoms with Crippen LogP contribution in [0.3, 0.4) is 0 Å². The minimum Gasteiger partial charge on any atom is -1.00 e. The van der Waals surface area contributed by atoms with E-state index in [1.165, 1.54) is 5.56 Å². The smallest absolute Gasteiger partial charge is 0.119 e. The molecule has 0 saturated heterocycles. The van der Waals surface area contributed by atoms with Crippen molar-refractivity contribution in [3.63, 3.8) is 0 Å². The maximum absolute atomic E-state index is 5.40. The van der Waals surface area contributed by atoms with Gasteiger partial charge in [-0.1, -0.05) is 19.1 Å². The topological polar surface area (TPSA) is 21.3 Å². The molecule has 0 bridgehead atoms. The Hall–Kier alpha value is -0.730. The van der Waals surface area contributed by atoms with Gasteiger partial charge in [0.1, 0.15) is 5.75 Å². The number of nitrogens with one attached hydrogen (secondary N) is 1. The van der Waals surface area contributed by atoms with Gasteiger partial charge >= 0.3 is 0 Å². The highest BCUT2D eigenvalue weighted by atomic mass is 35.5. The van der Waals surface area contributed by atoms with Crippen LogP contribution >= 0.6 is 0 Å². The molecule has 3 heteroatoms. The summed E-state index contributed by atoms with van der Waals surface area (Å²) in [5, 5.41) is 3.28. The molecule has 0 aromatic heterocycles. The lowest BCUT2D eigenvalue weighted by Crippen LogP contribution is -3.00. The molecule has 0 saturated carbocycles. The van der Waals surface area contributed by atoms with Crippen LogP contribution in [-0.4, -0.2) is 13.2 Å². The van der Waals surface area contributed by atoms with E-state index in [0.29, 0.717) is 0 Å². The first-order valence-corrected chi connectivity index (χ1v) is 4.79. The Balaban J connectivity index is 0.00000169. The standard InChI is InChI=1S/C11H17NO.ClH/c1-3-12-9-10-6-5-7-11(8-10)13-4-2;/h5-8,12H,3-4,9H2,1-2H3;1H/p-1. The third kappa shape index (κ3) is 4.49. The first kappa shape index (κ1) is 13.3. The monoisotopic (exact) mass is 214 g/mol. The molecule has 0 radical (unpaired) electrons. The molecule has 1 rings (SSSR count). The minimum absolute atomic E-state index is 0. The third-order valence-corrected chi connectivity index (χ3v) is 1.79. The van der Waals surface area contributed by atoms with Gasteiger partial charge in [0.25, 0.3) is 0 Å². The first-order valence-electron chi connectivity index (χ1n) is 4.79. The van der Waals surface area contributed by atoms with Gasteiger partial charge in [-0.15, -0.1) is 0 Å². The number of benzene rings is 1. The Bertz CT molecular complexity index is 253. The van der Waals surface area contributed by atoms with Crippen molar-refractivity contribution in [3.8, 4) is 5.75 Å². The first-order chi connectivity index (χ1) is 6.36. The maximum Gasteiger partial charge on any atom is 0.119 e. The fraction of sp³-hybridized carbons (Fsp3) is 0.455. The highest BCUT2D eigenvalue weighted by molar-refractivity contribution is 5.28. The zero-order valence-corrected chi connectivity index (χ0v) is 9.47. The highest BCUT2D eigenvalue weighted by Gasteiger charge is 1.94. The van der Waals surface area contributed by atoms with Gasteiger partial charge in [-0.25, -0.2) is 0 Å². The summed E-state index contributed by atoms with van der Waals surface area (Å²) in [5.41, 5.74) is 1.27. The van der Waals surface area contributed by atoms with E-state index in [0.717, 1.165) is 25.4 Å². The Morgan fingerprint density at radius 1 is 1.29 bits per heavy atom. The summed E-state index contributed by atoms with van der Waals surface area (Å²) in [4.78, 5) is 0. The van der Waals surface area contributed by atoms with Gasteiger partial charge in [-0.2, -0.15) is 0 Å². The molecule has 1 aromatic carbocycles. The quantitative estimate of drug-likeness (QED) is 0.693. The molecule has 80 valence electrons. The van der Waals surface area contributed by atoms with Crippen molar-refractivity contribution < 1.29 is 17.1 Å². The molecule has 0 aliphatic carbocycles. The SMILES string of the molecule is CCNCc1cccc(OCC)c1.[Cl-]. The van der Waals surface area contributed by atoms with Crippen molar-refractivity contribution in [2.24, 2.45) is 0 Å². The van der Waals surface area contributed by atoms with Crippen LogP contribution in [0.15, 0.2) is 24.3 Å². The predicted molar refractivity (Wildman–Crippen MR) is 55.0 cm³/mol. The van der Waals surface area contributed by atoms with E-state index >= 15 is 0 Å². The molecule has 1 aromatic rings. The molecule has 0 aliphatic rings. The summed E-state index contributed by atoms with van der Waals surface area (Å²) >= 11 is 0. The zero-order chi connectivity index (χ0) is 9.52. The van der Waals surface area contributed by atoms with Gasteiger partial charge in [0, 0.05) is 6.54 Å². The van der Waals surface area contributed by atoms with E-state index in [1.807, 2.05) is 19.1 Å². The normalized spacial score (nSPS) is 9.29. The Kier molecular flexibility index (Phi) is 7.25. The molecule has 0 amide bonds. The van der Waals surface area contributed by atoms with E-state index in [-0.39, 0.29) is 12.4 Å². The number of halogens is 1. The maximum atomic E-state index is 5.40. The molecule has 14 heavy (non-hydrogen) atoms. The van der Waals surface area contributed by atoms with Crippen LogP contribution in [-0.2, 0) is 6.54 Å². The van der Waals surface area contributed by atoms with Crippen molar-refractivity contribution in [1.82, 2.24) is 5.32 Å². The Morgan fingerprint density at radius 2 is 2.07 bits per heavy atom. The average Bonchev–Trinajstić information content (AvgIpc) is 2.16. The largest absolute Gasteiger partial charge is 1.00 e. The minimum atomic E-state index is 0. The third-order valence-electron chi connectivity index (χ3n) is 1.79. The summed E-state index contributed by atoms with van der Waals surface area (Å²) in [6.45, 7) is 6.74. The zero-order valence-electron chi connectivity index (χ0n) is 8.72. The second kappa shape index (κ2) is 7.65. The van der Waals surface area contributed by atoms with Crippen LogP contribution < -0.4 is 22.5 Å². The lowest BCUT2D eigenvalue weighted by atomic mass is 10.2. The van der Waals surface area contributed by atoms with E-state index in [2.05, 4.69) is 24.4 Å². The van der Waals surface area contributed by atoms with Crippen molar-refractivity contribution in [3.05, 3.63) is 29.8 Å². The molecule has 0 spiro atoms. The fourth-order valence-corrected chi connectivity index (χ4v) is 1.18. The second-order valence-corrected chi connectivity index (χ2v) is 2.86. The summed E-state index contributed by atoms with van der Waals surface area (Å²) < 4.78 is 5.40. The lowest BCUT2D eigenvalue weighted by Gasteiger charge is -2.05. The van der Waals surface area contributed by atoms with E-state index in [1.54, 1.807) is 0 Å². The second-order valence-electron chi connectivity index (χ2n) is 2.86. The fourth-order valence-electron chi connectivity index (χ4n) is 1.18. The Labute approximate surface area is 92.1 Å². The number of ether oxygens (including phenoxy) is 1. The van der Waals surface area contributed by atoms with E-state index < -0.39 is 0 Å². The molecule has 0 heterocycles. The number of hydrogen-bond donors (Lipinski definition) is 1. The Morgan fingerprint density at radius 3 is 2.71 bits per heavy atom. The van der Waals surface area contributed by atoms with Gasteiger partial charge in [-0.05, 0) is 31.2 Å². The molecule has 2 nitrogen and oxygen atoms in total. The van der Waals surface area contributed by atoms with Crippen molar-refractivity contribution in [2.45, 2.75) is 20.4 Å². The van der Waals surface area contributed by atoms with Gasteiger partial charge in [0.2, 0.25) is 0 Å². The summed E-state index contributed by atoms with van der Waals surface area (Å²) in [7, 11) is 0. The van der Waals surface area contributed by atoms with Gasteiger partial charge in [-0.3, -0.25) is 0 Å². The summed E-state index contributed by atoms with van der Waals surface area (Å²) in [6.07, 6.45) is 0. The summed E-state index contributed by atoms with van der Waals surface area (Å²) in [5.74, 6) is 0.956. The van der Waals surface area contributed by atoms with Gasteiger partial charge in [0.15, 0.2) is 0 Å². The molecule has 0 fully saturated rings. The summed E-state index contributed by atoms with van der Waals surface area (Å²) in [6, 6.07) is 8.19. The molecular formula is C11H17ClNO-. The van der Waals surface area contributed by atoms with Crippen LogP contribution in [0.25, 0.3) is 0 Å². The number of rotatable bonds is 5. The van der Waals surface area contributed by atoms with Crippen LogP contribution in [0.2, 0.25) is 0 Å². The van der Waals surface area contributed by atoms with Crippen molar-refractivity contribution in [1.29, 1.82) is 0 Å². The molecular weight excluding hydrogens is 198 g/mol. The van der Waals surface area contributed by atoms with Crippen LogP contribution in [0.1, 0.15) is 19.4 Å². The van der Waals surface area contributed by atoms with Crippen LogP contribution in [0.5, 0.6) is 5.75 Å². The van der Waals surface area contributed by atoms with Gasteiger partial charge < -0.3 is 22.5 Å². The number of hydrogen-bond acceptors (Lipinski definition) is 2. The van der Waals surface area contributed by atoms with E-state index in [4.69, 9.17) is 4.74 Å². The highest BCUT2D eigenvalue weighted by Crippen LogP contribution is 2.12. The van der Waals surface area contributed by atoms with Crippen LogP contribution in [0, 0.1) is 0 Å².